The van der Waals surface area contributed by atoms with Crippen molar-refractivity contribution >= 4 is 22.0 Å². The van der Waals surface area contributed by atoms with E-state index in [-0.39, 0.29) is 17.1 Å². The fourth-order valence-corrected chi connectivity index (χ4v) is 2.31. The molecule has 0 spiro atoms. The number of hydrogen-bond donors (Lipinski definition) is 1. The molecule has 0 aromatic heterocycles. The Morgan fingerprint density at radius 3 is 2.75 bits per heavy atom. The standard InChI is InChI=1S/C10H8F2N2O5S/c1-5(15)13-9-8-6(18-10(11)12)3-2-4-7(8)19-20(16,17)14-9/h2-4,10H,1H3,(H,13,14,15). The Hall–Kier alpha value is -2.23. The third-order valence-electron chi connectivity index (χ3n) is 2.13. The van der Waals surface area contributed by atoms with E-state index in [2.05, 4.69) is 18.6 Å². The summed E-state index contributed by atoms with van der Waals surface area (Å²) in [5.74, 6) is -1.68. The number of hydrogen-bond acceptors (Lipinski definition) is 5. The van der Waals surface area contributed by atoms with E-state index in [1.807, 2.05) is 0 Å². The third-order valence-corrected chi connectivity index (χ3v) is 2.93. The molecule has 0 unspecified atom stereocenters. The molecule has 0 atom stereocenters. The Kier molecular flexibility index (Phi) is 3.57. The Bertz CT molecular complexity index is 687. The minimum absolute atomic E-state index is 0.169. The molecule has 0 radical (unpaired) electrons. The average Bonchev–Trinajstić information content (AvgIpc) is 2.24. The van der Waals surface area contributed by atoms with Crippen molar-refractivity contribution in [3.63, 3.8) is 0 Å². The molecule has 1 aliphatic rings. The maximum atomic E-state index is 12.3. The van der Waals surface area contributed by atoms with Gasteiger partial charge in [0.25, 0.3) is 0 Å². The van der Waals surface area contributed by atoms with Gasteiger partial charge < -0.3 is 14.2 Å². The van der Waals surface area contributed by atoms with E-state index in [4.69, 9.17) is 0 Å². The highest BCUT2D eigenvalue weighted by molar-refractivity contribution is 7.86. The largest absolute Gasteiger partial charge is 0.434 e. The second-order valence-corrected chi connectivity index (χ2v) is 4.84. The van der Waals surface area contributed by atoms with Crippen LogP contribution in [0.3, 0.4) is 0 Å². The number of halogens is 2. The van der Waals surface area contributed by atoms with Gasteiger partial charge in [-0.3, -0.25) is 4.79 Å². The highest BCUT2D eigenvalue weighted by Gasteiger charge is 2.29. The molecular formula is C10H8F2N2O5S. The van der Waals surface area contributed by atoms with Crippen LogP contribution in [0.15, 0.2) is 22.6 Å². The van der Waals surface area contributed by atoms with Crippen molar-refractivity contribution in [3.8, 4) is 11.5 Å². The summed E-state index contributed by atoms with van der Waals surface area (Å²) in [6, 6.07) is 3.66. The number of carbonyl (C=O) groups is 1. The van der Waals surface area contributed by atoms with Crippen LogP contribution in [0.2, 0.25) is 0 Å². The number of amides is 1. The van der Waals surface area contributed by atoms with Crippen molar-refractivity contribution in [2.24, 2.45) is 4.40 Å². The number of nitrogens with one attached hydrogen (secondary N) is 1. The van der Waals surface area contributed by atoms with E-state index < -0.39 is 28.7 Å². The molecule has 1 aliphatic heterocycles. The second kappa shape index (κ2) is 5.04. The lowest BCUT2D eigenvalue weighted by molar-refractivity contribution is -0.117. The smallest absolute Gasteiger partial charge is 0.430 e. The van der Waals surface area contributed by atoms with Gasteiger partial charge in [-0.15, -0.1) is 4.40 Å². The van der Waals surface area contributed by atoms with Crippen LogP contribution >= 0.6 is 0 Å². The lowest BCUT2D eigenvalue weighted by Gasteiger charge is -2.19. The van der Waals surface area contributed by atoms with Crippen molar-refractivity contribution in [1.82, 2.24) is 5.32 Å². The third kappa shape index (κ3) is 3.02. The van der Waals surface area contributed by atoms with Crippen molar-refractivity contribution in [1.29, 1.82) is 0 Å². The minimum Gasteiger partial charge on any atom is -0.434 e. The number of benzene rings is 1. The number of ether oxygens (including phenoxy) is 1. The number of amidine groups is 1. The molecule has 108 valence electrons. The number of nitrogens with zero attached hydrogens (tertiary/aromatic N) is 1. The van der Waals surface area contributed by atoms with E-state index in [9.17, 15) is 22.0 Å². The molecule has 10 heteroatoms. The van der Waals surface area contributed by atoms with Crippen LogP contribution in [0.5, 0.6) is 11.5 Å². The molecule has 1 amide bonds. The molecule has 1 heterocycles. The van der Waals surface area contributed by atoms with Crippen molar-refractivity contribution in [2.75, 3.05) is 0 Å². The van der Waals surface area contributed by atoms with Crippen molar-refractivity contribution in [2.45, 2.75) is 13.5 Å². The fourth-order valence-electron chi connectivity index (χ4n) is 1.55. The lowest BCUT2D eigenvalue weighted by Crippen LogP contribution is -2.34. The SMILES string of the molecule is CC(=O)NC1=NS(=O)(=O)Oc2cccc(OC(F)F)c21. The van der Waals surface area contributed by atoms with Crippen LogP contribution in [-0.2, 0) is 15.1 Å². The van der Waals surface area contributed by atoms with Gasteiger partial charge in [-0.05, 0) is 12.1 Å². The van der Waals surface area contributed by atoms with Crippen LogP contribution in [0.1, 0.15) is 12.5 Å². The lowest BCUT2D eigenvalue weighted by atomic mass is 10.1. The molecule has 7 nitrogen and oxygen atoms in total. The quantitative estimate of drug-likeness (QED) is 0.872. The molecule has 20 heavy (non-hydrogen) atoms. The summed E-state index contributed by atoms with van der Waals surface area (Å²) in [6.07, 6.45) is 0. The van der Waals surface area contributed by atoms with Crippen LogP contribution in [-0.4, -0.2) is 26.8 Å². The number of rotatable bonds is 2. The summed E-state index contributed by atoms with van der Waals surface area (Å²) < 4.78 is 59.4. The van der Waals surface area contributed by atoms with Gasteiger partial charge in [-0.2, -0.15) is 17.2 Å². The molecular weight excluding hydrogens is 298 g/mol. The summed E-state index contributed by atoms with van der Waals surface area (Å²) in [4.78, 5) is 11.0. The van der Waals surface area contributed by atoms with Gasteiger partial charge in [0.2, 0.25) is 5.91 Å². The highest BCUT2D eigenvalue weighted by atomic mass is 32.2. The summed E-state index contributed by atoms with van der Waals surface area (Å²) in [5.41, 5.74) is -0.169. The van der Waals surface area contributed by atoms with Crippen LogP contribution in [0.25, 0.3) is 0 Å². The Morgan fingerprint density at radius 2 is 2.15 bits per heavy atom. The number of alkyl halides is 2. The number of carbonyl (C=O) groups excluding carboxylic acids is 1. The first-order valence-corrected chi connectivity index (χ1v) is 6.55. The molecule has 0 bridgehead atoms. The highest BCUT2D eigenvalue weighted by Crippen LogP contribution is 2.33. The first-order chi connectivity index (χ1) is 9.28. The molecule has 0 saturated carbocycles. The summed E-state index contributed by atoms with van der Waals surface area (Å²) in [6.45, 7) is -2.01. The van der Waals surface area contributed by atoms with Gasteiger partial charge in [0.15, 0.2) is 11.6 Å². The van der Waals surface area contributed by atoms with E-state index >= 15 is 0 Å². The van der Waals surface area contributed by atoms with Crippen LogP contribution in [0, 0.1) is 0 Å². The summed E-state index contributed by atoms with van der Waals surface area (Å²) in [7, 11) is -4.31. The van der Waals surface area contributed by atoms with Crippen molar-refractivity contribution in [3.05, 3.63) is 23.8 Å². The van der Waals surface area contributed by atoms with Crippen LogP contribution < -0.4 is 14.2 Å². The van der Waals surface area contributed by atoms with Gasteiger partial charge in [0.1, 0.15) is 11.3 Å². The fraction of sp³-hybridized carbons (Fsp3) is 0.200. The topological polar surface area (TPSA) is 94.1 Å². The predicted molar refractivity (Wildman–Crippen MR) is 63.0 cm³/mol. The summed E-state index contributed by atoms with van der Waals surface area (Å²) >= 11 is 0. The Balaban J connectivity index is 2.59. The van der Waals surface area contributed by atoms with E-state index in [0.717, 1.165) is 6.92 Å². The number of fused-ring (bicyclic) bond motifs is 1. The Labute approximate surface area is 112 Å². The van der Waals surface area contributed by atoms with Gasteiger partial charge >= 0.3 is 16.9 Å². The summed E-state index contributed by atoms with van der Waals surface area (Å²) in [5, 5.41) is 2.13. The first-order valence-electron chi connectivity index (χ1n) is 5.18. The molecule has 1 aromatic rings. The van der Waals surface area contributed by atoms with Gasteiger partial charge in [-0.25, -0.2) is 0 Å². The van der Waals surface area contributed by atoms with E-state index in [1.165, 1.54) is 18.2 Å². The molecule has 0 fully saturated rings. The molecule has 0 aliphatic carbocycles. The molecule has 0 saturated heterocycles. The predicted octanol–water partition coefficient (Wildman–Crippen LogP) is 0.808. The normalized spacial score (nSPS) is 15.9. The van der Waals surface area contributed by atoms with Crippen LogP contribution in [0.4, 0.5) is 8.78 Å². The van der Waals surface area contributed by atoms with E-state index in [0.29, 0.717) is 0 Å². The monoisotopic (exact) mass is 306 g/mol. The maximum Gasteiger partial charge on any atom is 0.430 e. The Morgan fingerprint density at radius 1 is 1.45 bits per heavy atom. The van der Waals surface area contributed by atoms with Gasteiger partial charge in [0.05, 0.1) is 0 Å². The molecule has 1 N–H and O–H groups in total. The minimum atomic E-state index is -4.31. The molecule has 1 aromatic carbocycles. The molecule has 2 rings (SSSR count). The zero-order chi connectivity index (χ0) is 14.9. The zero-order valence-corrected chi connectivity index (χ0v) is 10.8. The second-order valence-electron chi connectivity index (χ2n) is 3.64. The zero-order valence-electron chi connectivity index (χ0n) is 9.96. The maximum absolute atomic E-state index is 12.3. The average molecular weight is 306 g/mol. The van der Waals surface area contributed by atoms with Crippen molar-refractivity contribution < 1.29 is 30.9 Å². The van der Waals surface area contributed by atoms with E-state index in [1.54, 1.807) is 0 Å². The van der Waals surface area contributed by atoms with Gasteiger partial charge in [0, 0.05) is 6.92 Å². The first kappa shape index (κ1) is 14.2. The van der Waals surface area contributed by atoms with Gasteiger partial charge in [-0.1, -0.05) is 6.07 Å².